The van der Waals surface area contributed by atoms with Crippen LogP contribution in [0.3, 0.4) is 0 Å². The van der Waals surface area contributed by atoms with Gasteiger partial charge in [-0.15, -0.1) is 10.2 Å². The maximum absolute atomic E-state index is 6.10. The fourth-order valence-corrected chi connectivity index (χ4v) is 3.40. The van der Waals surface area contributed by atoms with Crippen molar-refractivity contribution in [2.75, 3.05) is 0 Å². The minimum absolute atomic E-state index is 0.337. The van der Waals surface area contributed by atoms with Gasteiger partial charge >= 0.3 is 0 Å². The number of fused-ring (bicyclic) bond motifs is 1. The van der Waals surface area contributed by atoms with Crippen LogP contribution in [0, 0.1) is 0 Å². The average molecular weight is 371 g/mol. The molecule has 5 nitrogen and oxygen atoms in total. The Balaban J connectivity index is 1.68. The van der Waals surface area contributed by atoms with Crippen LogP contribution in [0.2, 0.25) is 10.0 Å². The lowest BCUT2D eigenvalue weighted by molar-refractivity contribution is 0.304. The molecule has 0 N–H and O–H groups in total. The molecule has 122 valence electrons. The number of aryl methyl sites for hydroxylation is 1. The van der Waals surface area contributed by atoms with Gasteiger partial charge in [0.05, 0.1) is 5.02 Å². The van der Waals surface area contributed by atoms with E-state index < -0.39 is 0 Å². The summed E-state index contributed by atoms with van der Waals surface area (Å²) in [6, 6.07) is 5.15. The van der Waals surface area contributed by atoms with Gasteiger partial charge in [0.2, 0.25) is 4.96 Å². The summed E-state index contributed by atoms with van der Waals surface area (Å²) in [6.07, 6.45) is 4.35. The van der Waals surface area contributed by atoms with Crippen LogP contribution in [0.25, 0.3) is 4.96 Å². The number of halogens is 2. The van der Waals surface area contributed by atoms with E-state index in [4.69, 9.17) is 27.9 Å². The van der Waals surface area contributed by atoms with Crippen molar-refractivity contribution >= 4 is 39.5 Å². The molecule has 0 atom stereocenters. The molecule has 0 saturated heterocycles. The fourth-order valence-electron chi connectivity index (χ4n) is 2.18. The summed E-state index contributed by atoms with van der Waals surface area (Å²) >= 11 is 13.4. The predicted octanol–water partition coefficient (Wildman–Crippen LogP) is 4.80. The zero-order valence-electron chi connectivity index (χ0n) is 12.6. The number of nitrogens with zero attached hydrogens (tertiary/aromatic N) is 4. The maximum Gasteiger partial charge on any atom is 0.234 e. The number of ether oxygens (including phenoxy) is 1. The van der Waals surface area contributed by atoms with Gasteiger partial charge in [-0.3, -0.25) is 0 Å². The van der Waals surface area contributed by atoms with Crippen molar-refractivity contribution in [2.24, 2.45) is 0 Å². The molecule has 0 aliphatic rings. The first-order chi connectivity index (χ1) is 11.2. The number of hydrogen-bond donors (Lipinski definition) is 0. The summed E-state index contributed by atoms with van der Waals surface area (Å²) in [7, 11) is 0. The molecule has 2 heterocycles. The molecule has 3 rings (SSSR count). The van der Waals surface area contributed by atoms with Crippen LogP contribution in [0.1, 0.15) is 37.0 Å². The van der Waals surface area contributed by atoms with E-state index >= 15 is 0 Å². The molecular weight excluding hydrogens is 355 g/mol. The Morgan fingerprint density at radius 1 is 1.22 bits per heavy atom. The second-order valence-electron chi connectivity index (χ2n) is 5.13. The lowest BCUT2D eigenvalue weighted by atomic mass is 10.2. The molecule has 0 radical (unpaired) electrons. The minimum atomic E-state index is 0.337. The van der Waals surface area contributed by atoms with Crippen LogP contribution in [-0.2, 0) is 13.0 Å². The summed E-state index contributed by atoms with van der Waals surface area (Å²) in [6.45, 7) is 2.52. The molecule has 3 aromatic rings. The van der Waals surface area contributed by atoms with Gasteiger partial charge in [-0.1, -0.05) is 54.3 Å². The predicted molar refractivity (Wildman–Crippen MR) is 92.7 cm³/mol. The molecule has 2 aromatic heterocycles. The van der Waals surface area contributed by atoms with E-state index in [1.54, 1.807) is 18.2 Å². The van der Waals surface area contributed by atoms with Crippen molar-refractivity contribution < 1.29 is 4.74 Å². The number of rotatable bonds is 7. The molecule has 0 fully saturated rings. The second-order valence-corrected chi connectivity index (χ2v) is 7.01. The first-order valence-corrected chi connectivity index (χ1v) is 9.02. The van der Waals surface area contributed by atoms with Crippen LogP contribution in [0.15, 0.2) is 18.2 Å². The molecule has 0 saturated carbocycles. The number of aromatic nitrogens is 4. The Bertz CT molecular complexity index is 802. The highest BCUT2D eigenvalue weighted by Crippen LogP contribution is 2.28. The van der Waals surface area contributed by atoms with Gasteiger partial charge in [-0.25, -0.2) is 0 Å². The Morgan fingerprint density at radius 3 is 2.87 bits per heavy atom. The molecule has 8 heteroatoms. The summed E-state index contributed by atoms with van der Waals surface area (Å²) in [4.78, 5) is 0.789. The van der Waals surface area contributed by atoms with Gasteiger partial charge in [0.25, 0.3) is 0 Å². The van der Waals surface area contributed by atoms with E-state index in [1.807, 2.05) is 4.52 Å². The second kappa shape index (κ2) is 7.47. The van der Waals surface area contributed by atoms with Crippen LogP contribution < -0.4 is 4.74 Å². The molecule has 0 aliphatic heterocycles. The van der Waals surface area contributed by atoms with Gasteiger partial charge in [-0.2, -0.15) is 9.61 Å². The van der Waals surface area contributed by atoms with Crippen LogP contribution >= 0.6 is 34.5 Å². The number of benzene rings is 1. The van der Waals surface area contributed by atoms with Crippen LogP contribution in [0.4, 0.5) is 0 Å². The van der Waals surface area contributed by atoms with Crippen molar-refractivity contribution in [3.05, 3.63) is 39.1 Å². The summed E-state index contributed by atoms with van der Waals surface area (Å²) < 4.78 is 7.52. The standard InChI is InChI=1S/C15H16Cl2N4OS/c1-2-3-4-5-13-18-19-15-21(13)20-14(23-15)9-22-12-7-6-10(16)8-11(12)17/h6-8H,2-5,9H2,1H3. The molecule has 0 bridgehead atoms. The largest absolute Gasteiger partial charge is 0.485 e. The lowest BCUT2D eigenvalue weighted by Crippen LogP contribution is -2.00. The third-order valence-corrected chi connectivity index (χ3v) is 4.75. The quantitative estimate of drug-likeness (QED) is 0.560. The zero-order chi connectivity index (χ0) is 16.2. The van der Waals surface area contributed by atoms with E-state index in [0.717, 1.165) is 28.6 Å². The van der Waals surface area contributed by atoms with Crippen molar-refractivity contribution in [3.8, 4) is 5.75 Å². The monoisotopic (exact) mass is 370 g/mol. The Hall–Kier alpha value is -1.37. The Labute approximate surface area is 148 Å². The highest BCUT2D eigenvalue weighted by Gasteiger charge is 2.12. The molecule has 0 spiro atoms. The molecule has 23 heavy (non-hydrogen) atoms. The van der Waals surface area contributed by atoms with Crippen LogP contribution in [-0.4, -0.2) is 19.8 Å². The smallest absolute Gasteiger partial charge is 0.234 e. The van der Waals surface area contributed by atoms with E-state index in [2.05, 4.69) is 22.2 Å². The van der Waals surface area contributed by atoms with E-state index in [-0.39, 0.29) is 0 Å². The maximum atomic E-state index is 6.10. The van der Waals surface area contributed by atoms with Crippen molar-refractivity contribution in [1.29, 1.82) is 0 Å². The molecule has 0 aliphatic carbocycles. The lowest BCUT2D eigenvalue weighted by Gasteiger charge is -2.05. The molecule has 0 unspecified atom stereocenters. The minimum Gasteiger partial charge on any atom is -0.485 e. The SMILES string of the molecule is CCCCCc1nnc2sc(COc3ccc(Cl)cc3Cl)nn12. The highest BCUT2D eigenvalue weighted by molar-refractivity contribution is 7.16. The molecular formula is C15H16Cl2N4OS. The van der Waals surface area contributed by atoms with Crippen molar-refractivity contribution in [2.45, 2.75) is 39.2 Å². The van der Waals surface area contributed by atoms with Crippen LogP contribution in [0.5, 0.6) is 5.75 Å². The van der Waals surface area contributed by atoms with Gasteiger partial charge in [0.15, 0.2) is 10.8 Å². The van der Waals surface area contributed by atoms with Gasteiger partial charge in [0, 0.05) is 11.4 Å². The molecule has 0 amide bonds. The van der Waals surface area contributed by atoms with Gasteiger partial charge in [0.1, 0.15) is 12.4 Å². The van der Waals surface area contributed by atoms with Crippen molar-refractivity contribution in [1.82, 2.24) is 19.8 Å². The normalized spacial score (nSPS) is 11.3. The summed E-state index contributed by atoms with van der Waals surface area (Å²) in [5.74, 6) is 1.49. The Morgan fingerprint density at radius 2 is 2.09 bits per heavy atom. The van der Waals surface area contributed by atoms with Crippen molar-refractivity contribution in [3.63, 3.8) is 0 Å². The third kappa shape index (κ3) is 3.94. The van der Waals surface area contributed by atoms with E-state index in [9.17, 15) is 0 Å². The number of hydrogen-bond acceptors (Lipinski definition) is 5. The Kier molecular flexibility index (Phi) is 5.35. The van der Waals surface area contributed by atoms with E-state index in [1.165, 1.54) is 24.2 Å². The number of unbranched alkanes of at least 4 members (excludes halogenated alkanes) is 2. The summed E-state index contributed by atoms with van der Waals surface area (Å²) in [5, 5.41) is 14.8. The first kappa shape index (κ1) is 16.5. The first-order valence-electron chi connectivity index (χ1n) is 7.45. The average Bonchev–Trinajstić information content (AvgIpc) is 3.08. The zero-order valence-corrected chi connectivity index (χ0v) is 15.0. The van der Waals surface area contributed by atoms with Gasteiger partial charge < -0.3 is 4.74 Å². The van der Waals surface area contributed by atoms with E-state index in [0.29, 0.717) is 22.4 Å². The molecule has 1 aromatic carbocycles. The topological polar surface area (TPSA) is 52.3 Å². The summed E-state index contributed by atoms with van der Waals surface area (Å²) in [5.41, 5.74) is 0. The van der Waals surface area contributed by atoms with Gasteiger partial charge in [-0.05, 0) is 24.6 Å². The fraction of sp³-hybridized carbons (Fsp3) is 0.400. The highest BCUT2D eigenvalue weighted by atomic mass is 35.5. The third-order valence-electron chi connectivity index (χ3n) is 3.35.